The summed E-state index contributed by atoms with van der Waals surface area (Å²) in [5.74, 6) is -1.29. The molecule has 0 spiro atoms. The van der Waals surface area contributed by atoms with Crippen molar-refractivity contribution in [3.05, 3.63) is 35.9 Å². The fourth-order valence-corrected chi connectivity index (χ4v) is 1.45. The van der Waals surface area contributed by atoms with Gasteiger partial charge in [-0.2, -0.15) is 0 Å². The standard InChI is InChI=1S/C10H12ClNO3/c11-12-8(9(13)10(14)15)6-7-4-2-1-3-5-7/h1-5,8-9,12-13H,6H2,(H,14,15). The predicted molar refractivity (Wildman–Crippen MR) is 56.6 cm³/mol. The zero-order valence-electron chi connectivity index (χ0n) is 7.93. The van der Waals surface area contributed by atoms with Gasteiger partial charge in [0.2, 0.25) is 0 Å². The highest BCUT2D eigenvalue weighted by Crippen LogP contribution is 2.07. The van der Waals surface area contributed by atoms with Crippen LogP contribution in [-0.2, 0) is 11.2 Å². The maximum Gasteiger partial charge on any atom is 0.334 e. The van der Waals surface area contributed by atoms with Gasteiger partial charge in [0.25, 0.3) is 0 Å². The highest BCUT2D eigenvalue weighted by atomic mass is 35.5. The van der Waals surface area contributed by atoms with E-state index in [1.807, 2.05) is 30.3 Å². The first kappa shape index (κ1) is 12.0. The molecule has 2 atom stereocenters. The van der Waals surface area contributed by atoms with Gasteiger partial charge in [0.05, 0.1) is 6.04 Å². The SMILES string of the molecule is O=C(O)C(O)C(Cc1ccccc1)NCl. The lowest BCUT2D eigenvalue weighted by Gasteiger charge is -2.17. The summed E-state index contributed by atoms with van der Waals surface area (Å²) in [7, 11) is 0. The molecule has 2 unspecified atom stereocenters. The third kappa shape index (κ3) is 3.51. The second-order valence-corrected chi connectivity index (χ2v) is 3.41. The van der Waals surface area contributed by atoms with Crippen LogP contribution < -0.4 is 4.84 Å². The van der Waals surface area contributed by atoms with Crippen molar-refractivity contribution in [1.82, 2.24) is 4.84 Å². The van der Waals surface area contributed by atoms with Gasteiger partial charge in [-0.05, 0) is 23.8 Å². The number of carbonyl (C=O) groups is 1. The van der Waals surface area contributed by atoms with E-state index in [4.69, 9.17) is 16.9 Å². The number of benzene rings is 1. The first-order valence-corrected chi connectivity index (χ1v) is 4.84. The Kier molecular flexibility index (Phi) is 4.55. The van der Waals surface area contributed by atoms with Gasteiger partial charge < -0.3 is 10.2 Å². The van der Waals surface area contributed by atoms with E-state index in [1.165, 1.54) is 0 Å². The maximum absolute atomic E-state index is 10.5. The lowest BCUT2D eigenvalue weighted by atomic mass is 10.0. The summed E-state index contributed by atoms with van der Waals surface area (Å²) in [6.45, 7) is 0. The van der Waals surface area contributed by atoms with Crippen LogP contribution in [0, 0.1) is 0 Å². The Hall–Kier alpha value is -1.10. The highest BCUT2D eigenvalue weighted by Gasteiger charge is 2.24. The van der Waals surface area contributed by atoms with Crippen molar-refractivity contribution in [3.8, 4) is 0 Å². The lowest BCUT2D eigenvalue weighted by molar-refractivity contribution is -0.147. The second-order valence-electron chi connectivity index (χ2n) is 3.19. The minimum atomic E-state index is -1.51. The fourth-order valence-electron chi connectivity index (χ4n) is 1.25. The molecule has 0 radical (unpaired) electrons. The fraction of sp³-hybridized carbons (Fsp3) is 0.300. The molecule has 3 N–H and O–H groups in total. The molecule has 0 saturated carbocycles. The second kappa shape index (κ2) is 5.70. The molecular weight excluding hydrogens is 218 g/mol. The maximum atomic E-state index is 10.5. The smallest absolute Gasteiger partial charge is 0.334 e. The number of aliphatic hydroxyl groups excluding tert-OH is 1. The molecule has 15 heavy (non-hydrogen) atoms. The number of halogens is 1. The van der Waals surface area contributed by atoms with E-state index in [0.29, 0.717) is 6.42 Å². The number of carboxylic acids is 1. The molecule has 0 fully saturated rings. The van der Waals surface area contributed by atoms with Crippen LogP contribution in [0.2, 0.25) is 0 Å². The summed E-state index contributed by atoms with van der Waals surface area (Å²) in [6, 6.07) is 8.53. The van der Waals surface area contributed by atoms with Gasteiger partial charge in [0, 0.05) is 0 Å². The summed E-state index contributed by atoms with van der Waals surface area (Å²) in [4.78, 5) is 12.8. The van der Waals surface area contributed by atoms with Crippen molar-refractivity contribution >= 4 is 17.7 Å². The van der Waals surface area contributed by atoms with Gasteiger partial charge in [0.15, 0.2) is 6.10 Å². The van der Waals surface area contributed by atoms with E-state index in [-0.39, 0.29) is 0 Å². The molecular formula is C10H12ClNO3. The van der Waals surface area contributed by atoms with Gasteiger partial charge in [0.1, 0.15) is 0 Å². The zero-order chi connectivity index (χ0) is 11.3. The van der Waals surface area contributed by atoms with Crippen molar-refractivity contribution in [1.29, 1.82) is 0 Å². The number of hydrogen-bond donors (Lipinski definition) is 3. The van der Waals surface area contributed by atoms with Crippen molar-refractivity contribution in [2.24, 2.45) is 0 Å². The Balaban J connectivity index is 2.66. The Bertz CT molecular complexity index is 318. The van der Waals surface area contributed by atoms with Gasteiger partial charge in [-0.1, -0.05) is 30.3 Å². The molecule has 5 heteroatoms. The van der Waals surface area contributed by atoms with E-state index in [9.17, 15) is 9.90 Å². The van der Waals surface area contributed by atoms with Gasteiger partial charge in [-0.3, -0.25) is 0 Å². The van der Waals surface area contributed by atoms with Crippen molar-refractivity contribution < 1.29 is 15.0 Å². The number of aliphatic hydroxyl groups is 1. The molecule has 0 saturated heterocycles. The number of aliphatic carboxylic acids is 1. The third-order valence-corrected chi connectivity index (χ3v) is 2.35. The molecule has 1 aromatic carbocycles. The Morgan fingerprint density at radius 1 is 1.40 bits per heavy atom. The molecule has 0 heterocycles. The lowest BCUT2D eigenvalue weighted by Crippen LogP contribution is -2.42. The number of hydrogen-bond acceptors (Lipinski definition) is 3. The minimum Gasteiger partial charge on any atom is -0.479 e. The molecule has 0 amide bonds. The van der Waals surface area contributed by atoms with Crippen LogP contribution in [-0.4, -0.2) is 28.3 Å². The van der Waals surface area contributed by atoms with E-state index >= 15 is 0 Å². The van der Waals surface area contributed by atoms with E-state index < -0.39 is 18.1 Å². The van der Waals surface area contributed by atoms with Gasteiger partial charge in [-0.25, -0.2) is 9.63 Å². The Labute approximate surface area is 92.6 Å². The molecule has 82 valence electrons. The van der Waals surface area contributed by atoms with Crippen LogP contribution in [0.15, 0.2) is 30.3 Å². The average Bonchev–Trinajstić information content (AvgIpc) is 2.26. The molecule has 4 nitrogen and oxygen atoms in total. The quantitative estimate of drug-likeness (QED) is 0.653. The van der Waals surface area contributed by atoms with Crippen LogP contribution in [0.5, 0.6) is 0 Å². The monoisotopic (exact) mass is 229 g/mol. The van der Waals surface area contributed by atoms with E-state index in [2.05, 4.69) is 4.84 Å². The first-order chi connectivity index (χ1) is 7.15. The van der Waals surface area contributed by atoms with Crippen LogP contribution in [0.3, 0.4) is 0 Å². The van der Waals surface area contributed by atoms with Gasteiger partial charge in [-0.15, -0.1) is 0 Å². The Morgan fingerprint density at radius 3 is 2.47 bits per heavy atom. The van der Waals surface area contributed by atoms with Crippen molar-refractivity contribution in [3.63, 3.8) is 0 Å². The largest absolute Gasteiger partial charge is 0.479 e. The molecule has 1 rings (SSSR count). The molecule has 1 aromatic rings. The van der Waals surface area contributed by atoms with Gasteiger partial charge >= 0.3 is 5.97 Å². The minimum absolute atomic E-state index is 0.359. The molecule has 0 aromatic heterocycles. The summed E-state index contributed by atoms with van der Waals surface area (Å²) in [5, 5.41) is 17.9. The number of carboxylic acid groups (broad SMARTS) is 1. The summed E-state index contributed by atoms with van der Waals surface area (Å²) in [6.07, 6.45) is -1.15. The molecule has 0 aliphatic heterocycles. The summed E-state index contributed by atoms with van der Waals surface area (Å²) < 4.78 is 0. The van der Waals surface area contributed by atoms with Crippen LogP contribution in [0.4, 0.5) is 0 Å². The molecule has 0 bridgehead atoms. The van der Waals surface area contributed by atoms with Crippen LogP contribution >= 0.6 is 11.8 Å². The third-order valence-electron chi connectivity index (χ3n) is 2.07. The Morgan fingerprint density at radius 2 is 2.00 bits per heavy atom. The van der Waals surface area contributed by atoms with Crippen LogP contribution in [0.25, 0.3) is 0 Å². The number of nitrogens with one attached hydrogen (secondary N) is 1. The highest BCUT2D eigenvalue weighted by molar-refractivity contribution is 6.13. The van der Waals surface area contributed by atoms with E-state index in [0.717, 1.165) is 5.56 Å². The van der Waals surface area contributed by atoms with Crippen LogP contribution in [0.1, 0.15) is 5.56 Å². The first-order valence-electron chi connectivity index (χ1n) is 4.46. The topological polar surface area (TPSA) is 69.6 Å². The number of rotatable bonds is 5. The van der Waals surface area contributed by atoms with Crippen molar-refractivity contribution in [2.45, 2.75) is 18.6 Å². The molecule has 0 aliphatic carbocycles. The predicted octanol–water partition coefficient (Wildman–Crippen LogP) is 0.787. The summed E-state index contributed by atoms with van der Waals surface area (Å²) in [5.41, 5.74) is 0.913. The van der Waals surface area contributed by atoms with E-state index in [1.54, 1.807) is 0 Å². The van der Waals surface area contributed by atoms with Crippen molar-refractivity contribution in [2.75, 3.05) is 0 Å². The average molecular weight is 230 g/mol. The molecule has 0 aliphatic rings. The zero-order valence-corrected chi connectivity index (χ0v) is 8.69. The summed E-state index contributed by atoms with van der Waals surface area (Å²) >= 11 is 5.38. The normalized spacial score (nSPS) is 14.5.